The zero-order valence-electron chi connectivity index (χ0n) is 15.2. The van der Waals surface area contributed by atoms with Gasteiger partial charge >= 0.3 is 5.97 Å². The molecule has 0 aliphatic rings. The Balaban J connectivity index is 1.67. The van der Waals surface area contributed by atoms with E-state index in [0.29, 0.717) is 29.5 Å². The summed E-state index contributed by atoms with van der Waals surface area (Å²) in [7, 11) is 0. The van der Waals surface area contributed by atoms with Crippen molar-refractivity contribution in [3.63, 3.8) is 0 Å². The van der Waals surface area contributed by atoms with Crippen molar-refractivity contribution in [2.24, 2.45) is 0 Å². The van der Waals surface area contributed by atoms with Crippen LogP contribution in [0, 0.1) is 13.8 Å². The molecule has 140 valence electrons. The molecule has 8 heteroatoms. The average molecular weight is 385 g/mol. The first-order valence-electron chi connectivity index (χ1n) is 8.32. The van der Waals surface area contributed by atoms with Gasteiger partial charge in [-0.05, 0) is 56.4 Å². The van der Waals surface area contributed by atoms with Crippen LogP contribution in [-0.2, 0) is 11.2 Å². The molecule has 2 N–H and O–H groups in total. The Morgan fingerprint density at radius 1 is 1.19 bits per heavy atom. The molecule has 0 saturated heterocycles. The smallest absolute Gasteiger partial charge is 0.371 e. The normalized spacial score (nSPS) is 10.9. The van der Waals surface area contributed by atoms with E-state index in [2.05, 4.69) is 15.3 Å². The number of hydrogen-bond donors (Lipinski definition) is 2. The maximum atomic E-state index is 12.3. The van der Waals surface area contributed by atoms with Gasteiger partial charge in [-0.2, -0.15) is 0 Å². The average Bonchev–Trinajstić information content (AvgIpc) is 3.04. The molecule has 1 amide bonds. The van der Waals surface area contributed by atoms with Crippen molar-refractivity contribution in [3.8, 4) is 0 Å². The number of thioether (sulfide) groups is 1. The van der Waals surface area contributed by atoms with E-state index in [1.807, 2.05) is 20.1 Å². The highest BCUT2D eigenvalue weighted by atomic mass is 32.2. The quantitative estimate of drug-likeness (QED) is 0.491. The van der Waals surface area contributed by atoms with Crippen molar-refractivity contribution in [2.75, 3.05) is 11.6 Å². The minimum Gasteiger partial charge on any atom is -0.475 e. The zero-order chi connectivity index (χ0) is 19.6. The van der Waals surface area contributed by atoms with Crippen LogP contribution in [0.3, 0.4) is 0 Å². The Labute approximate surface area is 160 Å². The third-order valence-electron chi connectivity index (χ3n) is 4.20. The van der Waals surface area contributed by atoms with Crippen LogP contribution >= 0.6 is 11.8 Å². The number of aryl methyl sites for hydroxylation is 2. The number of rotatable bonds is 6. The predicted molar refractivity (Wildman–Crippen MR) is 103 cm³/mol. The molecule has 0 spiro atoms. The maximum Gasteiger partial charge on any atom is 0.371 e. The summed E-state index contributed by atoms with van der Waals surface area (Å²) in [4.78, 5) is 32.1. The van der Waals surface area contributed by atoms with Gasteiger partial charge in [-0.15, -0.1) is 0 Å². The fourth-order valence-corrected chi connectivity index (χ4v) is 3.31. The molecule has 2 heterocycles. The molecule has 27 heavy (non-hydrogen) atoms. The Hall–Kier alpha value is -2.87. The van der Waals surface area contributed by atoms with E-state index >= 15 is 0 Å². The molecule has 0 atom stereocenters. The summed E-state index contributed by atoms with van der Waals surface area (Å²) in [6.45, 7) is 3.85. The minimum atomic E-state index is -1.13. The lowest BCUT2D eigenvalue weighted by atomic mass is 10.1. The molecule has 0 unspecified atom stereocenters. The monoisotopic (exact) mass is 385 g/mol. The molecule has 3 aromatic rings. The Bertz CT molecular complexity index is 1010. The van der Waals surface area contributed by atoms with Gasteiger partial charge in [0.05, 0.1) is 0 Å². The van der Waals surface area contributed by atoms with Crippen LogP contribution in [0.2, 0.25) is 0 Å². The van der Waals surface area contributed by atoms with Crippen LogP contribution in [0.25, 0.3) is 11.0 Å². The molecule has 0 radical (unpaired) electrons. The first-order chi connectivity index (χ1) is 12.9. The number of fused-ring (bicyclic) bond motifs is 1. The number of amides is 1. The second-order valence-corrected chi connectivity index (χ2v) is 6.85. The second kappa shape index (κ2) is 7.79. The van der Waals surface area contributed by atoms with Gasteiger partial charge in [0, 0.05) is 28.9 Å². The summed E-state index contributed by atoms with van der Waals surface area (Å²) in [5.41, 5.74) is 3.82. The van der Waals surface area contributed by atoms with E-state index < -0.39 is 5.97 Å². The van der Waals surface area contributed by atoms with E-state index in [0.717, 1.165) is 22.1 Å². The molecule has 2 aromatic heterocycles. The summed E-state index contributed by atoms with van der Waals surface area (Å²) in [6, 6.07) is 6.45. The number of furan rings is 1. The lowest BCUT2D eigenvalue weighted by Crippen LogP contribution is -2.13. The summed E-state index contributed by atoms with van der Waals surface area (Å²) >= 11 is 1.49. The van der Waals surface area contributed by atoms with Gasteiger partial charge in [-0.25, -0.2) is 14.8 Å². The Morgan fingerprint density at radius 3 is 2.52 bits per heavy atom. The summed E-state index contributed by atoms with van der Waals surface area (Å²) in [5.74, 6) is -1.39. The molecular formula is C19H19N3O4S. The predicted octanol–water partition coefficient (Wildman–Crippen LogP) is 3.83. The zero-order valence-corrected chi connectivity index (χ0v) is 16.0. The first kappa shape index (κ1) is 18.9. The molecule has 0 aliphatic carbocycles. The molecule has 3 rings (SSSR count). The molecule has 0 aliphatic heterocycles. The molecule has 0 fully saturated rings. The highest BCUT2D eigenvalue weighted by Gasteiger charge is 2.13. The minimum absolute atomic E-state index is 0.131. The standard InChI is InChI=1S/C19H19N3O4S/c1-10-14(11(2)21-19(20-10)27-3)5-7-17(23)22-13-4-6-15-12(8-13)9-16(26-15)18(24)25/h4,6,8-9H,5,7H2,1-3H3,(H,22,23)(H,24,25). The van der Waals surface area contributed by atoms with Crippen LogP contribution in [0.15, 0.2) is 33.8 Å². The van der Waals surface area contributed by atoms with Crippen LogP contribution in [-0.4, -0.2) is 33.2 Å². The number of hydrogen-bond acceptors (Lipinski definition) is 6. The highest BCUT2D eigenvalue weighted by molar-refractivity contribution is 7.98. The van der Waals surface area contributed by atoms with Crippen LogP contribution in [0.1, 0.15) is 33.9 Å². The second-order valence-electron chi connectivity index (χ2n) is 6.08. The number of carboxylic acids is 1. The molecule has 1 aromatic carbocycles. The van der Waals surface area contributed by atoms with Crippen molar-refractivity contribution in [2.45, 2.75) is 31.8 Å². The van der Waals surface area contributed by atoms with Crippen molar-refractivity contribution in [1.29, 1.82) is 0 Å². The van der Waals surface area contributed by atoms with E-state index in [1.54, 1.807) is 18.2 Å². The van der Waals surface area contributed by atoms with Gasteiger partial charge in [-0.3, -0.25) is 4.79 Å². The third kappa shape index (κ3) is 4.28. The van der Waals surface area contributed by atoms with E-state index in [-0.39, 0.29) is 11.7 Å². The van der Waals surface area contributed by atoms with Gasteiger partial charge in [0.1, 0.15) is 5.58 Å². The van der Waals surface area contributed by atoms with Crippen LogP contribution < -0.4 is 5.32 Å². The number of carbonyl (C=O) groups is 2. The van der Waals surface area contributed by atoms with Gasteiger partial charge in [-0.1, -0.05) is 11.8 Å². The molecule has 0 bridgehead atoms. The summed E-state index contributed by atoms with van der Waals surface area (Å²) < 4.78 is 5.21. The van der Waals surface area contributed by atoms with E-state index in [1.165, 1.54) is 17.8 Å². The van der Waals surface area contributed by atoms with Gasteiger partial charge < -0.3 is 14.8 Å². The number of carboxylic acid groups (broad SMARTS) is 1. The number of nitrogens with zero attached hydrogens (tertiary/aromatic N) is 2. The Morgan fingerprint density at radius 2 is 1.89 bits per heavy atom. The van der Waals surface area contributed by atoms with Gasteiger partial charge in [0.15, 0.2) is 5.16 Å². The van der Waals surface area contributed by atoms with E-state index in [4.69, 9.17) is 9.52 Å². The largest absolute Gasteiger partial charge is 0.475 e. The summed E-state index contributed by atoms with van der Waals surface area (Å²) in [6.07, 6.45) is 2.78. The fourth-order valence-electron chi connectivity index (χ4n) is 2.85. The molecule has 7 nitrogen and oxygen atoms in total. The first-order valence-corrected chi connectivity index (χ1v) is 9.54. The van der Waals surface area contributed by atoms with Crippen LogP contribution in [0.5, 0.6) is 0 Å². The highest BCUT2D eigenvalue weighted by Crippen LogP contribution is 2.23. The van der Waals surface area contributed by atoms with Crippen molar-refractivity contribution in [3.05, 3.63) is 47.0 Å². The number of carbonyl (C=O) groups excluding carboxylic acids is 1. The lowest BCUT2D eigenvalue weighted by molar-refractivity contribution is -0.116. The van der Waals surface area contributed by atoms with Crippen molar-refractivity contribution in [1.82, 2.24) is 9.97 Å². The van der Waals surface area contributed by atoms with Gasteiger partial charge in [0.25, 0.3) is 0 Å². The lowest BCUT2D eigenvalue weighted by Gasteiger charge is -2.10. The fraction of sp³-hybridized carbons (Fsp3) is 0.263. The van der Waals surface area contributed by atoms with E-state index in [9.17, 15) is 9.59 Å². The number of aromatic carboxylic acids is 1. The topological polar surface area (TPSA) is 105 Å². The molecular weight excluding hydrogens is 366 g/mol. The van der Waals surface area contributed by atoms with Crippen molar-refractivity contribution >= 4 is 40.3 Å². The third-order valence-corrected chi connectivity index (χ3v) is 4.74. The number of nitrogens with one attached hydrogen (secondary N) is 1. The number of anilines is 1. The SMILES string of the molecule is CSc1nc(C)c(CCC(=O)Nc2ccc3oc(C(=O)O)cc3c2)c(C)n1. The number of benzene rings is 1. The van der Waals surface area contributed by atoms with Crippen molar-refractivity contribution < 1.29 is 19.1 Å². The maximum absolute atomic E-state index is 12.3. The van der Waals surface area contributed by atoms with Crippen LogP contribution in [0.4, 0.5) is 5.69 Å². The summed E-state index contributed by atoms with van der Waals surface area (Å²) in [5, 5.41) is 13.2. The number of aromatic nitrogens is 2. The Kier molecular flexibility index (Phi) is 5.46. The van der Waals surface area contributed by atoms with Gasteiger partial charge in [0.2, 0.25) is 11.7 Å². The molecule has 0 saturated carbocycles.